The summed E-state index contributed by atoms with van der Waals surface area (Å²) in [6.07, 6.45) is 1.55. The molecular formula is C37H31N3O2. The molecule has 6 aromatic rings. The van der Waals surface area contributed by atoms with Gasteiger partial charge in [-0.1, -0.05) is 115 Å². The summed E-state index contributed by atoms with van der Waals surface area (Å²) in [7, 11) is 0. The maximum atomic E-state index is 14.0. The molecule has 1 heterocycles. The van der Waals surface area contributed by atoms with E-state index in [1.54, 1.807) is 10.6 Å². The summed E-state index contributed by atoms with van der Waals surface area (Å²) >= 11 is 0. The third-order valence-electron chi connectivity index (χ3n) is 7.41. The number of nitrogens with one attached hydrogen (secondary N) is 1. The number of nitrogens with zero attached hydrogens (tertiary/aromatic N) is 2. The molecule has 5 heteroatoms. The minimum absolute atomic E-state index is 0.0920. The van der Waals surface area contributed by atoms with E-state index >= 15 is 0 Å². The molecule has 0 unspecified atom stereocenters. The van der Waals surface area contributed by atoms with Gasteiger partial charge in [-0.2, -0.15) is 0 Å². The van der Waals surface area contributed by atoms with Gasteiger partial charge in [-0.3, -0.25) is 14.2 Å². The van der Waals surface area contributed by atoms with Crippen molar-refractivity contribution in [2.45, 2.75) is 25.8 Å². The predicted molar refractivity (Wildman–Crippen MR) is 170 cm³/mol. The van der Waals surface area contributed by atoms with Gasteiger partial charge < -0.3 is 5.32 Å². The zero-order chi connectivity index (χ0) is 28.7. The second-order valence-corrected chi connectivity index (χ2v) is 10.4. The van der Waals surface area contributed by atoms with Crippen molar-refractivity contribution in [1.29, 1.82) is 0 Å². The van der Waals surface area contributed by atoms with E-state index in [0.717, 1.165) is 27.8 Å². The number of fused-ring (bicyclic) bond motifs is 1. The predicted octanol–water partition coefficient (Wildman–Crippen LogP) is 7.27. The molecular weight excluding hydrogens is 518 g/mol. The zero-order valence-corrected chi connectivity index (χ0v) is 23.2. The van der Waals surface area contributed by atoms with Crippen molar-refractivity contribution < 1.29 is 4.79 Å². The molecule has 0 aliphatic carbocycles. The maximum absolute atomic E-state index is 14.0. The second kappa shape index (κ2) is 12.5. The fraction of sp³-hybridized carbons (Fsp3) is 0.108. The first-order valence-corrected chi connectivity index (χ1v) is 14.2. The monoisotopic (exact) mass is 549 g/mol. The molecule has 0 aliphatic heterocycles. The van der Waals surface area contributed by atoms with Gasteiger partial charge in [-0.25, -0.2) is 4.98 Å². The minimum atomic E-state index is -0.126. The number of hydrogen-bond donors (Lipinski definition) is 1. The average molecular weight is 550 g/mol. The van der Waals surface area contributed by atoms with E-state index < -0.39 is 0 Å². The van der Waals surface area contributed by atoms with E-state index in [1.807, 2.05) is 91.0 Å². The van der Waals surface area contributed by atoms with Crippen LogP contribution in [0.5, 0.6) is 0 Å². The Bertz CT molecular complexity index is 1860. The first kappa shape index (κ1) is 26.9. The van der Waals surface area contributed by atoms with Crippen molar-refractivity contribution in [3.63, 3.8) is 0 Å². The Kier molecular flexibility index (Phi) is 8.00. The molecule has 5 aromatic carbocycles. The molecule has 1 N–H and O–H groups in total. The standard InChI is InChI=1S/C37H31N3O2/c41-36(23-18-27-10-4-1-5-11-27)38-32-21-22-34-33(25-32)37(42)40(35(39-34)24-28-12-6-2-7-13-28)26-29-16-19-31(20-17-29)30-14-8-3-9-15-30/h1-17,19-22,25H,18,23-24,26H2,(H,38,41). The Morgan fingerprint density at radius 2 is 1.29 bits per heavy atom. The largest absolute Gasteiger partial charge is 0.326 e. The lowest BCUT2D eigenvalue weighted by Gasteiger charge is -2.15. The SMILES string of the molecule is O=C(CCc1ccccc1)Nc1ccc2nc(Cc3ccccc3)n(Cc3ccc(-c4ccccc4)cc3)c(=O)c2c1. The van der Waals surface area contributed by atoms with E-state index in [2.05, 4.69) is 41.7 Å². The van der Waals surface area contributed by atoms with Gasteiger partial charge in [0.05, 0.1) is 17.4 Å². The first-order valence-electron chi connectivity index (χ1n) is 14.2. The van der Waals surface area contributed by atoms with Gasteiger partial charge in [0.25, 0.3) is 5.56 Å². The highest BCUT2D eigenvalue weighted by atomic mass is 16.1. The molecule has 6 rings (SSSR count). The topological polar surface area (TPSA) is 64.0 Å². The summed E-state index contributed by atoms with van der Waals surface area (Å²) < 4.78 is 1.76. The van der Waals surface area contributed by atoms with Crippen LogP contribution in [0, 0.1) is 0 Å². The van der Waals surface area contributed by atoms with Crippen LogP contribution in [0.2, 0.25) is 0 Å². The average Bonchev–Trinajstić information content (AvgIpc) is 3.04. The summed E-state index contributed by atoms with van der Waals surface area (Å²) in [4.78, 5) is 31.6. The van der Waals surface area contributed by atoms with Crippen LogP contribution < -0.4 is 10.9 Å². The molecule has 0 fully saturated rings. The molecule has 1 amide bonds. The highest BCUT2D eigenvalue weighted by Crippen LogP contribution is 2.21. The van der Waals surface area contributed by atoms with E-state index in [1.165, 1.54) is 0 Å². The Balaban J connectivity index is 1.30. The van der Waals surface area contributed by atoms with Crippen LogP contribution in [0.15, 0.2) is 138 Å². The molecule has 0 bridgehead atoms. The number of amides is 1. The number of anilines is 1. The second-order valence-electron chi connectivity index (χ2n) is 10.4. The number of aromatic nitrogens is 2. The summed E-state index contributed by atoms with van der Waals surface area (Å²) in [5, 5.41) is 3.44. The van der Waals surface area contributed by atoms with Crippen LogP contribution in [0.4, 0.5) is 5.69 Å². The molecule has 206 valence electrons. The lowest BCUT2D eigenvalue weighted by molar-refractivity contribution is -0.116. The first-order chi connectivity index (χ1) is 20.6. The van der Waals surface area contributed by atoms with Gasteiger partial charge in [-0.05, 0) is 52.4 Å². The molecule has 0 atom stereocenters. The Hall–Kier alpha value is -5.29. The summed E-state index contributed by atoms with van der Waals surface area (Å²) in [5.74, 6) is 0.608. The number of rotatable bonds is 9. The molecule has 0 saturated heterocycles. The molecule has 1 aromatic heterocycles. The van der Waals surface area contributed by atoms with Gasteiger partial charge >= 0.3 is 0 Å². The number of carbonyl (C=O) groups excluding carboxylic acids is 1. The van der Waals surface area contributed by atoms with Crippen molar-refractivity contribution in [3.05, 3.63) is 166 Å². The van der Waals surface area contributed by atoms with Gasteiger partial charge in [0, 0.05) is 18.5 Å². The summed E-state index contributed by atoms with van der Waals surface area (Å²) in [5.41, 5.74) is 6.56. The highest BCUT2D eigenvalue weighted by molar-refractivity contribution is 5.93. The smallest absolute Gasteiger partial charge is 0.261 e. The number of benzene rings is 5. The van der Waals surface area contributed by atoms with Crippen LogP contribution in [0.25, 0.3) is 22.0 Å². The van der Waals surface area contributed by atoms with E-state index in [0.29, 0.717) is 48.2 Å². The third kappa shape index (κ3) is 6.37. The number of aryl methyl sites for hydroxylation is 1. The van der Waals surface area contributed by atoms with E-state index in [9.17, 15) is 9.59 Å². The molecule has 0 saturated carbocycles. The molecule has 0 radical (unpaired) electrons. The Morgan fingerprint density at radius 3 is 1.98 bits per heavy atom. The van der Waals surface area contributed by atoms with Crippen LogP contribution in [-0.4, -0.2) is 15.5 Å². The zero-order valence-electron chi connectivity index (χ0n) is 23.2. The molecule has 0 aliphatic rings. The number of carbonyl (C=O) groups is 1. The van der Waals surface area contributed by atoms with Crippen molar-refractivity contribution in [2.75, 3.05) is 5.32 Å². The Morgan fingerprint density at radius 1 is 0.667 bits per heavy atom. The van der Waals surface area contributed by atoms with Gasteiger partial charge in [0.15, 0.2) is 0 Å². The molecule has 5 nitrogen and oxygen atoms in total. The maximum Gasteiger partial charge on any atom is 0.261 e. The van der Waals surface area contributed by atoms with E-state index in [-0.39, 0.29) is 11.5 Å². The van der Waals surface area contributed by atoms with Crippen molar-refractivity contribution in [1.82, 2.24) is 9.55 Å². The van der Waals surface area contributed by atoms with Crippen molar-refractivity contribution >= 4 is 22.5 Å². The van der Waals surface area contributed by atoms with Crippen LogP contribution in [0.3, 0.4) is 0 Å². The summed E-state index contributed by atoms with van der Waals surface area (Å²) in [6.45, 7) is 0.396. The lowest BCUT2D eigenvalue weighted by Crippen LogP contribution is -2.26. The van der Waals surface area contributed by atoms with Crippen LogP contribution in [-0.2, 0) is 24.2 Å². The molecule has 42 heavy (non-hydrogen) atoms. The van der Waals surface area contributed by atoms with Crippen molar-refractivity contribution in [2.24, 2.45) is 0 Å². The van der Waals surface area contributed by atoms with Gasteiger partial charge in [-0.15, -0.1) is 0 Å². The summed E-state index contributed by atoms with van der Waals surface area (Å²) in [6, 6.07) is 43.9. The minimum Gasteiger partial charge on any atom is -0.326 e. The van der Waals surface area contributed by atoms with Gasteiger partial charge in [0.2, 0.25) is 5.91 Å². The van der Waals surface area contributed by atoms with E-state index in [4.69, 9.17) is 4.98 Å². The Labute approximate surface area is 245 Å². The highest BCUT2D eigenvalue weighted by Gasteiger charge is 2.14. The van der Waals surface area contributed by atoms with Crippen LogP contribution in [0.1, 0.15) is 28.9 Å². The fourth-order valence-corrected chi connectivity index (χ4v) is 5.16. The molecule has 0 spiro atoms. The lowest BCUT2D eigenvalue weighted by atomic mass is 10.0. The van der Waals surface area contributed by atoms with Crippen molar-refractivity contribution in [3.8, 4) is 11.1 Å². The normalized spacial score (nSPS) is 11.0. The van der Waals surface area contributed by atoms with Crippen LogP contribution >= 0.6 is 0 Å². The third-order valence-corrected chi connectivity index (χ3v) is 7.41. The fourth-order valence-electron chi connectivity index (χ4n) is 5.16. The quantitative estimate of drug-likeness (QED) is 0.206. The number of hydrogen-bond acceptors (Lipinski definition) is 3. The van der Waals surface area contributed by atoms with Gasteiger partial charge in [0.1, 0.15) is 5.82 Å².